The zero-order chi connectivity index (χ0) is 21.9. The van der Waals surface area contributed by atoms with Crippen molar-refractivity contribution in [1.82, 2.24) is 29.9 Å². The number of carbonyl (C=O) groups excluding carboxylic acids is 1. The molecule has 5 rings (SSSR count). The summed E-state index contributed by atoms with van der Waals surface area (Å²) in [5, 5.41) is 4.27. The van der Waals surface area contributed by atoms with Gasteiger partial charge in [0.25, 0.3) is 0 Å². The first-order valence-electron chi connectivity index (χ1n) is 11.1. The van der Waals surface area contributed by atoms with Crippen LogP contribution < -0.4 is 4.90 Å². The third-order valence-corrected chi connectivity index (χ3v) is 6.23. The SMILES string of the molecule is CC(=O)N1CCN(c2cc(-c3noc(C4CCCN4Cc4ccccn4)n3)ccn2)CC1. The molecule has 0 saturated carbocycles. The number of anilines is 1. The number of nitrogens with zero attached hydrogens (tertiary/aromatic N) is 7. The Morgan fingerprint density at radius 3 is 2.75 bits per heavy atom. The lowest BCUT2D eigenvalue weighted by Gasteiger charge is -2.34. The average Bonchev–Trinajstić information content (AvgIpc) is 3.49. The van der Waals surface area contributed by atoms with Crippen LogP contribution in [0.2, 0.25) is 0 Å². The molecule has 9 heteroatoms. The molecule has 32 heavy (non-hydrogen) atoms. The van der Waals surface area contributed by atoms with Gasteiger partial charge in [-0.25, -0.2) is 4.98 Å². The Bertz CT molecular complexity index is 1060. The second-order valence-corrected chi connectivity index (χ2v) is 8.30. The van der Waals surface area contributed by atoms with Gasteiger partial charge in [-0.15, -0.1) is 0 Å². The fourth-order valence-electron chi connectivity index (χ4n) is 4.46. The first-order valence-corrected chi connectivity index (χ1v) is 11.1. The Morgan fingerprint density at radius 2 is 1.97 bits per heavy atom. The molecule has 0 spiro atoms. The molecule has 2 fully saturated rings. The minimum atomic E-state index is 0.110. The first-order chi connectivity index (χ1) is 15.7. The van der Waals surface area contributed by atoms with E-state index in [4.69, 9.17) is 9.51 Å². The minimum absolute atomic E-state index is 0.110. The molecule has 0 N–H and O–H groups in total. The number of amides is 1. The van der Waals surface area contributed by atoms with E-state index in [0.717, 1.165) is 56.1 Å². The summed E-state index contributed by atoms with van der Waals surface area (Å²) in [4.78, 5) is 31.7. The topological polar surface area (TPSA) is 91.5 Å². The molecule has 2 aliphatic heterocycles. The molecule has 0 bridgehead atoms. The van der Waals surface area contributed by atoms with Gasteiger partial charge in [0, 0.05) is 57.6 Å². The molecular weight excluding hydrogens is 406 g/mol. The Kier molecular flexibility index (Phi) is 5.81. The van der Waals surface area contributed by atoms with E-state index in [2.05, 4.69) is 24.9 Å². The fraction of sp³-hybridized carbons (Fsp3) is 0.435. The summed E-state index contributed by atoms with van der Waals surface area (Å²) in [7, 11) is 0. The van der Waals surface area contributed by atoms with Crippen LogP contribution in [0.1, 0.15) is 37.4 Å². The maximum Gasteiger partial charge on any atom is 0.244 e. The molecule has 166 valence electrons. The Morgan fingerprint density at radius 1 is 1.09 bits per heavy atom. The van der Waals surface area contributed by atoms with Crippen LogP contribution in [0.5, 0.6) is 0 Å². The molecule has 2 aliphatic rings. The van der Waals surface area contributed by atoms with E-state index in [-0.39, 0.29) is 11.9 Å². The summed E-state index contributed by atoms with van der Waals surface area (Å²) in [6.07, 6.45) is 5.70. The van der Waals surface area contributed by atoms with Crippen molar-refractivity contribution >= 4 is 11.7 Å². The third-order valence-electron chi connectivity index (χ3n) is 6.23. The van der Waals surface area contributed by atoms with Crippen LogP contribution in [0.3, 0.4) is 0 Å². The number of rotatable bonds is 5. The number of carbonyl (C=O) groups is 1. The monoisotopic (exact) mass is 433 g/mol. The van der Waals surface area contributed by atoms with Gasteiger partial charge < -0.3 is 14.3 Å². The molecule has 3 aromatic heterocycles. The molecule has 1 unspecified atom stereocenters. The summed E-state index contributed by atoms with van der Waals surface area (Å²) in [5.41, 5.74) is 1.93. The van der Waals surface area contributed by atoms with Gasteiger partial charge in [-0.05, 0) is 43.7 Å². The van der Waals surface area contributed by atoms with Gasteiger partial charge in [0.15, 0.2) is 0 Å². The van der Waals surface area contributed by atoms with Crippen LogP contribution in [0.4, 0.5) is 5.82 Å². The molecule has 0 radical (unpaired) electrons. The van der Waals surface area contributed by atoms with Crippen molar-refractivity contribution in [2.75, 3.05) is 37.6 Å². The zero-order valence-corrected chi connectivity index (χ0v) is 18.2. The lowest BCUT2D eigenvalue weighted by Crippen LogP contribution is -2.48. The zero-order valence-electron chi connectivity index (χ0n) is 18.2. The number of pyridine rings is 2. The van der Waals surface area contributed by atoms with Crippen LogP contribution in [0.25, 0.3) is 11.4 Å². The van der Waals surface area contributed by atoms with Crippen molar-refractivity contribution in [2.24, 2.45) is 0 Å². The second-order valence-electron chi connectivity index (χ2n) is 8.30. The van der Waals surface area contributed by atoms with Crippen molar-refractivity contribution in [3.8, 4) is 11.4 Å². The number of aromatic nitrogens is 4. The first kappa shape index (κ1) is 20.6. The standard InChI is InChI=1S/C23H27N7O2/c1-17(31)28-11-13-29(14-12-28)21-15-18(7-9-25-21)22-26-23(32-27-22)20-6-4-10-30(20)16-19-5-2-3-8-24-19/h2-3,5,7-9,15,20H,4,6,10-14,16H2,1H3. The maximum absolute atomic E-state index is 11.6. The van der Waals surface area contributed by atoms with E-state index >= 15 is 0 Å². The van der Waals surface area contributed by atoms with Crippen molar-refractivity contribution in [3.63, 3.8) is 0 Å². The largest absolute Gasteiger partial charge is 0.353 e. The summed E-state index contributed by atoms with van der Waals surface area (Å²) < 4.78 is 5.70. The highest BCUT2D eigenvalue weighted by atomic mass is 16.5. The van der Waals surface area contributed by atoms with Crippen LogP contribution in [0, 0.1) is 0 Å². The van der Waals surface area contributed by atoms with E-state index in [1.165, 1.54) is 0 Å². The summed E-state index contributed by atoms with van der Waals surface area (Å²) in [5.74, 6) is 2.22. The van der Waals surface area contributed by atoms with Crippen LogP contribution in [0.15, 0.2) is 47.2 Å². The van der Waals surface area contributed by atoms with Gasteiger partial charge in [0.1, 0.15) is 5.82 Å². The maximum atomic E-state index is 11.6. The van der Waals surface area contributed by atoms with Gasteiger partial charge in [-0.2, -0.15) is 4.98 Å². The summed E-state index contributed by atoms with van der Waals surface area (Å²) >= 11 is 0. The van der Waals surface area contributed by atoms with E-state index in [1.807, 2.05) is 41.4 Å². The van der Waals surface area contributed by atoms with E-state index in [1.54, 1.807) is 13.1 Å². The van der Waals surface area contributed by atoms with Crippen molar-refractivity contribution in [2.45, 2.75) is 32.4 Å². The highest BCUT2D eigenvalue weighted by molar-refractivity contribution is 5.73. The lowest BCUT2D eigenvalue weighted by atomic mass is 10.2. The molecule has 5 heterocycles. The fourth-order valence-corrected chi connectivity index (χ4v) is 4.46. The molecule has 0 aliphatic carbocycles. The minimum Gasteiger partial charge on any atom is -0.353 e. The number of hydrogen-bond acceptors (Lipinski definition) is 8. The predicted octanol–water partition coefficient (Wildman–Crippen LogP) is 2.53. The average molecular weight is 434 g/mol. The third kappa shape index (κ3) is 4.34. The smallest absolute Gasteiger partial charge is 0.244 e. The van der Waals surface area contributed by atoms with Gasteiger partial charge >= 0.3 is 0 Å². The molecule has 1 atom stereocenters. The van der Waals surface area contributed by atoms with Crippen LogP contribution in [-0.2, 0) is 11.3 Å². The predicted molar refractivity (Wildman–Crippen MR) is 119 cm³/mol. The Hall–Kier alpha value is -3.33. The molecule has 2 saturated heterocycles. The Labute approximate surface area is 187 Å². The number of hydrogen-bond donors (Lipinski definition) is 0. The van der Waals surface area contributed by atoms with E-state index < -0.39 is 0 Å². The van der Waals surface area contributed by atoms with E-state index in [9.17, 15) is 4.79 Å². The van der Waals surface area contributed by atoms with Crippen LogP contribution >= 0.6 is 0 Å². The van der Waals surface area contributed by atoms with Gasteiger partial charge in [-0.1, -0.05) is 11.2 Å². The molecular formula is C23H27N7O2. The molecule has 9 nitrogen and oxygen atoms in total. The molecule has 0 aromatic carbocycles. The lowest BCUT2D eigenvalue weighted by molar-refractivity contribution is -0.129. The highest BCUT2D eigenvalue weighted by Crippen LogP contribution is 2.33. The molecule has 3 aromatic rings. The van der Waals surface area contributed by atoms with Crippen molar-refractivity contribution in [1.29, 1.82) is 0 Å². The quantitative estimate of drug-likeness (QED) is 0.606. The van der Waals surface area contributed by atoms with Crippen LogP contribution in [-0.4, -0.2) is 68.5 Å². The van der Waals surface area contributed by atoms with Gasteiger partial charge in [0.2, 0.25) is 17.6 Å². The summed E-state index contributed by atoms with van der Waals surface area (Å²) in [6.45, 7) is 6.32. The highest BCUT2D eigenvalue weighted by Gasteiger charge is 2.31. The molecule has 1 amide bonds. The second kappa shape index (κ2) is 9.04. The number of likely N-dealkylation sites (tertiary alicyclic amines) is 1. The number of piperazine rings is 1. The summed E-state index contributed by atoms with van der Waals surface area (Å²) in [6, 6.07) is 10.0. The van der Waals surface area contributed by atoms with Gasteiger partial charge in [-0.3, -0.25) is 14.7 Å². The normalized spacial score (nSPS) is 19.5. The van der Waals surface area contributed by atoms with E-state index in [0.29, 0.717) is 24.8 Å². The van der Waals surface area contributed by atoms with Crippen molar-refractivity contribution in [3.05, 3.63) is 54.3 Å². The Balaban J connectivity index is 1.29. The van der Waals surface area contributed by atoms with Crippen molar-refractivity contribution < 1.29 is 9.32 Å². The van der Waals surface area contributed by atoms with Gasteiger partial charge in [0.05, 0.1) is 11.7 Å².